The van der Waals surface area contributed by atoms with Crippen LogP contribution in [0.4, 0.5) is 11.4 Å². The lowest BCUT2D eigenvalue weighted by molar-refractivity contribution is -0.384. The zero-order valence-corrected chi connectivity index (χ0v) is 15.0. The Morgan fingerprint density at radius 1 is 1.12 bits per heavy atom. The van der Waals surface area contributed by atoms with Crippen molar-refractivity contribution >= 4 is 17.3 Å². The number of anilines is 1. The lowest BCUT2D eigenvalue weighted by Gasteiger charge is -2.16. The van der Waals surface area contributed by atoms with Gasteiger partial charge >= 0.3 is 0 Å². The van der Waals surface area contributed by atoms with E-state index in [0.29, 0.717) is 17.2 Å². The van der Waals surface area contributed by atoms with Crippen LogP contribution in [-0.4, -0.2) is 23.0 Å². The third-order valence-electron chi connectivity index (χ3n) is 3.74. The summed E-state index contributed by atoms with van der Waals surface area (Å²) in [7, 11) is 0. The molecule has 2 atom stereocenters. The van der Waals surface area contributed by atoms with Gasteiger partial charge in [0.05, 0.1) is 11.0 Å². The van der Waals surface area contributed by atoms with Crippen LogP contribution in [0.1, 0.15) is 27.2 Å². The zero-order valence-electron chi connectivity index (χ0n) is 15.0. The van der Waals surface area contributed by atoms with Crippen molar-refractivity contribution in [2.24, 2.45) is 0 Å². The number of nitro groups is 1. The first-order valence-electron chi connectivity index (χ1n) is 8.37. The second kappa shape index (κ2) is 8.84. The Bertz CT molecular complexity index is 761. The molecule has 2 aromatic carbocycles. The van der Waals surface area contributed by atoms with E-state index in [9.17, 15) is 14.9 Å². The minimum atomic E-state index is -0.768. The summed E-state index contributed by atoms with van der Waals surface area (Å²) in [5.74, 6) is 0.734. The predicted octanol–water partition coefficient (Wildman–Crippen LogP) is 4.18. The summed E-state index contributed by atoms with van der Waals surface area (Å²) in [6.45, 7) is 5.62. The highest BCUT2D eigenvalue weighted by atomic mass is 16.6. The lowest BCUT2D eigenvalue weighted by atomic mass is 10.2. The number of rotatable bonds is 8. The first-order chi connectivity index (χ1) is 12.4. The first-order valence-corrected chi connectivity index (χ1v) is 8.37. The number of nitrogens with zero attached hydrogens (tertiary/aromatic N) is 1. The molecule has 1 N–H and O–H groups in total. The van der Waals surface area contributed by atoms with E-state index in [1.165, 1.54) is 24.3 Å². The van der Waals surface area contributed by atoms with Gasteiger partial charge in [-0.15, -0.1) is 0 Å². The van der Waals surface area contributed by atoms with Crippen LogP contribution in [0.15, 0.2) is 48.5 Å². The fraction of sp³-hybridized carbons (Fsp3) is 0.316. The molecule has 2 aromatic rings. The Hall–Kier alpha value is -3.09. The van der Waals surface area contributed by atoms with Crippen molar-refractivity contribution in [3.63, 3.8) is 0 Å². The molecule has 0 heterocycles. The normalized spacial score (nSPS) is 12.7. The third kappa shape index (κ3) is 5.47. The average Bonchev–Trinajstić information content (AvgIpc) is 2.62. The van der Waals surface area contributed by atoms with Gasteiger partial charge in [-0.25, -0.2) is 0 Å². The molecule has 0 aromatic heterocycles. The van der Waals surface area contributed by atoms with Crippen molar-refractivity contribution in [2.45, 2.75) is 39.4 Å². The van der Waals surface area contributed by atoms with E-state index >= 15 is 0 Å². The van der Waals surface area contributed by atoms with Gasteiger partial charge in [0.25, 0.3) is 11.6 Å². The molecule has 0 spiro atoms. The van der Waals surface area contributed by atoms with Gasteiger partial charge in [0.15, 0.2) is 6.10 Å². The number of carbonyl (C=O) groups excluding carboxylic acids is 1. The Morgan fingerprint density at radius 3 is 2.42 bits per heavy atom. The number of nitro benzene ring substituents is 1. The highest BCUT2D eigenvalue weighted by molar-refractivity contribution is 5.94. The van der Waals surface area contributed by atoms with Crippen molar-refractivity contribution in [1.82, 2.24) is 0 Å². The zero-order chi connectivity index (χ0) is 19.1. The molecule has 0 saturated heterocycles. The standard InChI is InChI=1S/C19H22N2O5/c1-4-13(2)25-18-7-5-6-15(12-18)20-19(22)14(3)26-17-10-8-16(9-11-17)21(23)24/h5-14H,4H2,1-3H3,(H,20,22). The maximum atomic E-state index is 12.3. The SMILES string of the molecule is CCC(C)Oc1cccc(NC(=O)C(C)Oc2ccc([N+](=O)[O-])cc2)c1. The van der Waals surface area contributed by atoms with E-state index in [1.807, 2.05) is 19.9 Å². The molecule has 0 bridgehead atoms. The minimum absolute atomic E-state index is 0.0347. The van der Waals surface area contributed by atoms with Crippen LogP contribution in [0.2, 0.25) is 0 Å². The molecule has 138 valence electrons. The molecule has 0 aliphatic carbocycles. The Kier molecular flexibility index (Phi) is 6.54. The highest BCUT2D eigenvalue weighted by Gasteiger charge is 2.16. The molecule has 0 saturated carbocycles. The van der Waals surface area contributed by atoms with Crippen molar-refractivity contribution in [3.8, 4) is 11.5 Å². The number of hydrogen-bond donors (Lipinski definition) is 1. The minimum Gasteiger partial charge on any atom is -0.491 e. The van der Waals surface area contributed by atoms with Gasteiger partial charge in [-0.05, 0) is 44.5 Å². The molecule has 26 heavy (non-hydrogen) atoms. The van der Waals surface area contributed by atoms with E-state index in [-0.39, 0.29) is 17.7 Å². The number of carbonyl (C=O) groups is 1. The summed E-state index contributed by atoms with van der Waals surface area (Å²) in [6.07, 6.45) is 0.206. The largest absolute Gasteiger partial charge is 0.491 e. The maximum absolute atomic E-state index is 12.3. The van der Waals surface area contributed by atoms with Crippen LogP contribution < -0.4 is 14.8 Å². The van der Waals surface area contributed by atoms with Crippen molar-refractivity contribution in [1.29, 1.82) is 0 Å². The summed E-state index contributed by atoms with van der Waals surface area (Å²) in [5.41, 5.74) is 0.572. The van der Waals surface area contributed by atoms with Crippen molar-refractivity contribution < 1.29 is 19.2 Å². The smallest absolute Gasteiger partial charge is 0.269 e. The van der Waals surface area contributed by atoms with Gasteiger partial charge in [0.2, 0.25) is 0 Å². The molecular weight excluding hydrogens is 336 g/mol. The second-order valence-corrected chi connectivity index (χ2v) is 5.86. The van der Waals surface area contributed by atoms with Crippen LogP contribution in [0.3, 0.4) is 0 Å². The Labute approximate surface area is 152 Å². The molecule has 0 aliphatic heterocycles. The molecule has 2 rings (SSSR count). The van der Waals surface area contributed by atoms with Gasteiger partial charge in [0, 0.05) is 23.9 Å². The van der Waals surface area contributed by atoms with Crippen molar-refractivity contribution in [3.05, 3.63) is 58.6 Å². The highest BCUT2D eigenvalue weighted by Crippen LogP contribution is 2.21. The van der Waals surface area contributed by atoms with Crippen molar-refractivity contribution in [2.75, 3.05) is 5.32 Å². The quantitative estimate of drug-likeness (QED) is 0.565. The number of non-ortho nitro benzene ring substituents is 1. The van der Waals surface area contributed by atoms with E-state index in [0.717, 1.165) is 6.42 Å². The van der Waals surface area contributed by atoms with Crippen LogP contribution in [0.5, 0.6) is 11.5 Å². The predicted molar refractivity (Wildman–Crippen MR) is 98.6 cm³/mol. The molecule has 7 heteroatoms. The van der Waals surface area contributed by atoms with E-state index < -0.39 is 11.0 Å². The lowest BCUT2D eigenvalue weighted by Crippen LogP contribution is -2.30. The molecule has 2 unspecified atom stereocenters. The van der Waals surface area contributed by atoms with Gasteiger partial charge in [-0.1, -0.05) is 13.0 Å². The van der Waals surface area contributed by atoms with E-state index in [4.69, 9.17) is 9.47 Å². The molecule has 7 nitrogen and oxygen atoms in total. The fourth-order valence-corrected chi connectivity index (χ4v) is 2.11. The number of amides is 1. The van der Waals surface area contributed by atoms with Crippen LogP contribution in [-0.2, 0) is 4.79 Å². The van der Waals surface area contributed by atoms with Gasteiger partial charge < -0.3 is 14.8 Å². The summed E-state index contributed by atoms with van der Waals surface area (Å²) >= 11 is 0. The Morgan fingerprint density at radius 2 is 1.81 bits per heavy atom. The molecule has 0 radical (unpaired) electrons. The maximum Gasteiger partial charge on any atom is 0.269 e. The molecule has 0 fully saturated rings. The van der Waals surface area contributed by atoms with Crippen LogP contribution >= 0.6 is 0 Å². The van der Waals surface area contributed by atoms with E-state index in [1.54, 1.807) is 25.1 Å². The van der Waals surface area contributed by atoms with Crippen LogP contribution in [0.25, 0.3) is 0 Å². The van der Waals surface area contributed by atoms with E-state index in [2.05, 4.69) is 5.32 Å². The molecular formula is C19H22N2O5. The third-order valence-corrected chi connectivity index (χ3v) is 3.74. The van der Waals surface area contributed by atoms with Gasteiger partial charge in [-0.3, -0.25) is 14.9 Å². The molecule has 0 aliphatic rings. The van der Waals surface area contributed by atoms with Gasteiger partial charge in [-0.2, -0.15) is 0 Å². The summed E-state index contributed by atoms with van der Waals surface area (Å²) in [4.78, 5) is 22.5. The number of benzene rings is 2. The van der Waals surface area contributed by atoms with Gasteiger partial charge in [0.1, 0.15) is 11.5 Å². The Balaban J connectivity index is 1.96. The number of nitrogens with one attached hydrogen (secondary N) is 1. The number of hydrogen-bond acceptors (Lipinski definition) is 5. The molecule has 1 amide bonds. The average molecular weight is 358 g/mol. The monoisotopic (exact) mass is 358 g/mol. The fourth-order valence-electron chi connectivity index (χ4n) is 2.11. The summed E-state index contributed by atoms with van der Waals surface area (Å²) in [5, 5.41) is 13.4. The second-order valence-electron chi connectivity index (χ2n) is 5.86. The number of ether oxygens (including phenoxy) is 2. The summed E-state index contributed by atoms with van der Waals surface area (Å²) in [6, 6.07) is 12.7. The van der Waals surface area contributed by atoms with Crippen LogP contribution in [0, 0.1) is 10.1 Å². The topological polar surface area (TPSA) is 90.7 Å². The summed E-state index contributed by atoms with van der Waals surface area (Å²) < 4.78 is 11.3. The first kappa shape index (κ1) is 19.2.